The van der Waals surface area contributed by atoms with E-state index in [1.165, 1.54) is 0 Å². The molecule has 0 saturated carbocycles. The number of unbranched alkanes of at least 4 members (excludes halogenated alkanes) is 1. The minimum atomic E-state index is -1.18. The van der Waals surface area contributed by atoms with Crippen molar-refractivity contribution in [3.8, 4) is 11.5 Å². The van der Waals surface area contributed by atoms with Crippen LogP contribution in [0.4, 0.5) is 0 Å². The van der Waals surface area contributed by atoms with Gasteiger partial charge in [0.05, 0.1) is 0 Å². The SMILES string of the molecule is CCCCc1c(CC)c(CC)c(O)c(O)c1C(=O)O. The molecule has 0 aliphatic heterocycles. The molecule has 0 aromatic heterocycles. The zero-order valence-electron chi connectivity index (χ0n) is 11.8. The van der Waals surface area contributed by atoms with E-state index in [0.717, 1.165) is 18.4 Å². The second-order valence-electron chi connectivity index (χ2n) is 4.62. The number of hydrogen-bond donors (Lipinski definition) is 3. The van der Waals surface area contributed by atoms with Crippen LogP contribution in [0.2, 0.25) is 0 Å². The van der Waals surface area contributed by atoms with Gasteiger partial charge in [-0.1, -0.05) is 27.2 Å². The normalized spacial score (nSPS) is 10.7. The maximum absolute atomic E-state index is 11.4. The summed E-state index contributed by atoms with van der Waals surface area (Å²) in [7, 11) is 0. The van der Waals surface area contributed by atoms with E-state index in [0.29, 0.717) is 30.4 Å². The summed E-state index contributed by atoms with van der Waals surface area (Å²) in [6.07, 6.45) is 3.64. The molecule has 0 heterocycles. The van der Waals surface area contributed by atoms with Gasteiger partial charge in [-0.2, -0.15) is 0 Å². The highest BCUT2D eigenvalue weighted by Gasteiger charge is 2.25. The number of aromatic hydroxyl groups is 2. The third-order valence-electron chi connectivity index (χ3n) is 3.48. The Morgan fingerprint density at radius 3 is 1.95 bits per heavy atom. The van der Waals surface area contributed by atoms with E-state index in [-0.39, 0.29) is 11.3 Å². The van der Waals surface area contributed by atoms with Crippen LogP contribution in [-0.4, -0.2) is 21.3 Å². The van der Waals surface area contributed by atoms with Crippen molar-refractivity contribution in [2.75, 3.05) is 0 Å². The van der Waals surface area contributed by atoms with Crippen LogP contribution in [-0.2, 0) is 19.3 Å². The second-order valence-corrected chi connectivity index (χ2v) is 4.62. The first-order valence-electron chi connectivity index (χ1n) is 6.81. The molecule has 0 atom stereocenters. The van der Waals surface area contributed by atoms with E-state index in [1.54, 1.807) is 0 Å². The van der Waals surface area contributed by atoms with Gasteiger partial charge in [0.1, 0.15) is 5.56 Å². The lowest BCUT2D eigenvalue weighted by Gasteiger charge is -2.18. The molecule has 0 saturated heterocycles. The number of carboxylic acid groups (broad SMARTS) is 1. The van der Waals surface area contributed by atoms with Gasteiger partial charge in [-0.25, -0.2) is 4.79 Å². The molecule has 3 N–H and O–H groups in total. The average Bonchev–Trinajstić information content (AvgIpc) is 2.38. The summed E-state index contributed by atoms with van der Waals surface area (Å²) in [5.41, 5.74) is 2.06. The Morgan fingerprint density at radius 2 is 1.53 bits per heavy atom. The van der Waals surface area contributed by atoms with E-state index in [4.69, 9.17) is 0 Å². The van der Waals surface area contributed by atoms with Crippen molar-refractivity contribution in [1.29, 1.82) is 0 Å². The molecule has 4 nitrogen and oxygen atoms in total. The van der Waals surface area contributed by atoms with Crippen molar-refractivity contribution >= 4 is 5.97 Å². The van der Waals surface area contributed by atoms with Gasteiger partial charge in [-0.15, -0.1) is 0 Å². The number of aromatic carboxylic acids is 1. The summed E-state index contributed by atoms with van der Waals surface area (Å²) >= 11 is 0. The Hall–Kier alpha value is -1.71. The molecule has 0 bridgehead atoms. The van der Waals surface area contributed by atoms with Crippen LogP contribution in [0.5, 0.6) is 11.5 Å². The third-order valence-corrected chi connectivity index (χ3v) is 3.48. The fourth-order valence-electron chi connectivity index (χ4n) is 2.55. The van der Waals surface area contributed by atoms with Crippen LogP contribution in [0, 0.1) is 0 Å². The quantitative estimate of drug-likeness (QED) is 0.691. The molecule has 0 aliphatic rings. The number of hydrogen-bond acceptors (Lipinski definition) is 3. The molecular formula is C15H22O4. The van der Waals surface area contributed by atoms with Crippen molar-refractivity contribution in [2.45, 2.75) is 52.9 Å². The molecule has 0 radical (unpaired) electrons. The van der Waals surface area contributed by atoms with Gasteiger partial charge in [0.15, 0.2) is 11.5 Å². The molecule has 0 spiro atoms. The van der Waals surface area contributed by atoms with Gasteiger partial charge in [-0.05, 0) is 36.8 Å². The maximum atomic E-state index is 11.4. The highest BCUT2D eigenvalue weighted by Crippen LogP contribution is 2.39. The van der Waals surface area contributed by atoms with Gasteiger partial charge in [-0.3, -0.25) is 0 Å². The van der Waals surface area contributed by atoms with Crippen LogP contribution in [0.1, 0.15) is 60.7 Å². The molecule has 1 aromatic carbocycles. The van der Waals surface area contributed by atoms with E-state index in [2.05, 4.69) is 0 Å². The molecule has 0 amide bonds. The zero-order chi connectivity index (χ0) is 14.6. The first-order valence-corrected chi connectivity index (χ1v) is 6.81. The number of benzene rings is 1. The average molecular weight is 266 g/mol. The molecule has 1 aromatic rings. The predicted molar refractivity (Wildman–Crippen MR) is 74.1 cm³/mol. The Morgan fingerprint density at radius 1 is 0.947 bits per heavy atom. The molecule has 19 heavy (non-hydrogen) atoms. The van der Waals surface area contributed by atoms with Crippen molar-refractivity contribution < 1.29 is 20.1 Å². The Bertz CT molecular complexity index is 478. The van der Waals surface area contributed by atoms with Gasteiger partial charge < -0.3 is 15.3 Å². The summed E-state index contributed by atoms with van der Waals surface area (Å²) in [6, 6.07) is 0. The molecule has 0 aliphatic carbocycles. The second kappa shape index (κ2) is 6.45. The van der Waals surface area contributed by atoms with E-state index >= 15 is 0 Å². The minimum Gasteiger partial charge on any atom is -0.504 e. The van der Waals surface area contributed by atoms with Crippen LogP contribution < -0.4 is 0 Å². The lowest BCUT2D eigenvalue weighted by atomic mass is 9.88. The predicted octanol–water partition coefficient (Wildman–Crippen LogP) is 3.26. The molecule has 0 fully saturated rings. The fourth-order valence-corrected chi connectivity index (χ4v) is 2.55. The minimum absolute atomic E-state index is 0.139. The molecular weight excluding hydrogens is 244 g/mol. The van der Waals surface area contributed by atoms with E-state index in [9.17, 15) is 20.1 Å². The first kappa shape index (κ1) is 15.3. The highest BCUT2D eigenvalue weighted by molar-refractivity contribution is 5.94. The van der Waals surface area contributed by atoms with E-state index < -0.39 is 11.7 Å². The standard InChI is InChI=1S/C15H22O4/c1-4-7-8-11-9(5-2)10(6-3)13(16)14(17)12(11)15(18)19/h16-17H,4-8H2,1-3H3,(H,18,19). The number of rotatable bonds is 6. The van der Waals surface area contributed by atoms with Crippen molar-refractivity contribution in [3.05, 3.63) is 22.3 Å². The van der Waals surface area contributed by atoms with Gasteiger partial charge >= 0.3 is 5.97 Å². The molecule has 0 unspecified atom stereocenters. The molecule has 4 heteroatoms. The number of phenolic OH excluding ortho intramolecular Hbond substituents is 1. The summed E-state index contributed by atoms with van der Waals surface area (Å²) in [5.74, 6) is -1.96. The van der Waals surface area contributed by atoms with Gasteiger partial charge in [0.2, 0.25) is 0 Å². The van der Waals surface area contributed by atoms with E-state index in [1.807, 2.05) is 20.8 Å². The summed E-state index contributed by atoms with van der Waals surface area (Å²) in [6.45, 7) is 5.86. The molecule has 106 valence electrons. The van der Waals surface area contributed by atoms with Crippen LogP contribution in [0.25, 0.3) is 0 Å². The fraction of sp³-hybridized carbons (Fsp3) is 0.533. The first-order chi connectivity index (χ1) is 8.99. The summed E-state index contributed by atoms with van der Waals surface area (Å²) in [5, 5.41) is 29.2. The Labute approximate surface area is 113 Å². The number of carboxylic acids is 1. The monoisotopic (exact) mass is 266 g/mol. The van der Waals surface area contributed by atoms with Crippen LogP contribution >= 0.6 is 0 Å². The van der Waals surface area contributed by atoms with Gasteiger partial charge in [0, 0.05) is 5.56 Å². The Balaban J connectivity index is 3.61. The van der Waals surface area contributed by atoms with Crippen LogP contribution in [0.15, 0.2) is 0 Å². The molecule has 1 rings (SSSR count). The van der Waals surface area contributed by atoms with Crippen molar-refractivity contribution in [2.24, 2.45) is 0 Å². The Kier molecular flexibility index (Phi) is 5.21. The summed E-state index contributed by atoms with van der Waals surface area (Å²) in [4.78, 5) is 11.4. The summed E-state index contributed by atoms with van der Waals surface area (Å²) < 4.78 is 0. The number of carbonyl (C=O) groups is 1. The lowest BCUT2D eigenvalue weighted by Crippen LogP contribution is -2.10. The largest absolute Gasteiger partial charge is 0.504 e. The topological polar surface area (TPSA) is 77.8 Å². The number of phenols is 2. The highest BCUT2D eigenvalue weighted by atomic mass is 16.4. The maximum Gasteiger partial charge on any atom is 0.339 e. The third kappa shape index (κ3) is 2.83. The van der Waals surface area contributed by atoms with Gasteiger partial charge in [0.25, 0.3) is 0 Å². The smallest absolute Gasteiger partial charge is 0.339 e. The lowest BCUT2D eigenvalue weighted by molar-refractivity contribution is 0.0691. The zero-order valence-corrected chi connectivity index (χ0v) is 11.8. The van der Waals surface area contributed by atoms with Crippen molar-refractivity contribution in [3.63, 3.8) is 0 Å². The van der Waals surface area contributed by atoms with Crippen molar-refractivity contribution in [1.82, 2.24) is 0 Å². The van der Waals surface area contributed by atoms with Crippen LogP contribution in [0.3, 0.4) is 0 Å².